The number of benzene rings is 2. The summed E-state index contributed by atoms with van der Waals surface area (Å²) in [5.74, 6) is 0.320. The minimum atomic E-state index is 0.0627. The van der Waals surface area contributed by atoms with E-state index in [0.29, 0.717) is 6.42 Å². The number of nitrogens with one attached hydrogen (secondary N) is 1. The van der Waals surface area contributed by atoms with Gasteiger partial charge in [-0.15, -0.1) is 0 Å². The van der Waals surface area contributed by atoms with Gasteiger partial charge in [-0.3, -0.25) is 4.79 Å². The van der Waals surface area contributed by atoms with Gasteiger partial charge < -0.3 is 14.8 Å². The number of aromatic amines is 1. The molecule has 0 aliphatic carbocycles. The van der Waals surface area contributed by atoms with Crippen molar-refractivity contribution in [3.8, 4) is 0 Å². The number of para-hydroxylation sites is 1. The van der Waals surface area contributed by atoms with Crippen LogP contribution in [0.4, 0.5) is 0 Å². The van der Waals surface area contributed by atoms with E-state index in [1.807, 2.05) is 11.0 Å². The highest BCUT2D eigenvalue weighted by molar-refractivity contribution is 5.86. The van der Waals surface area contributed by atoms with Crippen molar-refractivity contribution in [1.29, 1.82) is 0 Å². The number of piperazine rings is 1. The molecule has 4 nitrogen and oxygen atoms in total. The molecule has 1 saturated heterocycles. The summed E-state index contributed by atoms with van der Waals surface area (Å²) in [6.45, 7) is 8.98. The maximum absolute atomic E-state index is 13.2. The molecule has 1 unspecified atom stereocenters. The molecule has 2 heterocycles. The maximum Gasteiger partial charge on any atom is 0.223 e. The SMILES string of the molecule is CCN1CCN(C(=O)CC(c2cccc(C)c2)c2c[nH]c3ccccc23)CC1. The number of aromatic nitrogens is 1. The number of H-pyrrole nitrogens is 1. The van der Waals surface area contributed by atoms with Crippen molar-refractivity contribution >= 4 is 16.8 Å². The first-order chi connectivity index (χ1) is 13.7. The fourth-order valence-corrected chi connectivity index (χ4v) is 4.29. The lowest BCUT2D eigenvalue weighted by atomic mass is 9.87. The van der Waals surface area contributed by atoms with Crippen molar-refractivity contribution in [1.82, 2.24) is 14.8 Å². The van der Waals surface area contributed by atoms with Gasteiger partial charge in [-0.1, -0.05) is 55.0 Å². The number of aryl methyl sites for hydroxylation is 1. The number of rotatable bonds is 5. The van der Waals surface area contributed by atoms with Crippen LogP contribution in [0.5, 0.6) is 0 Å². The Kier molecular flexibility index (Phi) is 5.49. The van der Waals surface area contributed by atoms with Gasteiger partial charge in [0.1, 0.15) is 0 Å². The Morgan fingerprint density at radius 1 is 1.07 bits per heavy atom. The van der Waals surface area contributed by atoms with E-state index < -0.39 is 0 Å². The Balaban J connectivity index is 1.63. The first kappa shape index (κ1) is 18.8. The van der Waals surface area contributed by atoms with Gasteiger partial charge in [0.05, 0.1) is 0 Å². The third-order valence-electron chi connectivity index (χ3n) is 5.99. The van der Waals surface area contributed by atoms with E-state index in [2.05, 4.69) is 72.4 Å². The van der Waals surface area contributed by atoms with Crippen LogP contribution in [0.1, 0.15) is 36.0 Å². The van der Waals surface area contributed by atoms with Crippen molar-refractivity contribution in [3.63, 3.8) is 0 Å². The Labute approximate surface area is 167 Å². The molecular formula is C24H29N3O. The molecule has 1 aliphatic rings. The molecule has 3 aromatic rings. The van der Waals surface area contributed by atoms with Crippen molar-refractivity contribution < 1.29 is 4.79 Å². The van der Waals surface area contributed by atoms with Crippen molar-refractivity contribution in [2.75, 3.05) is 32.7 Å². The second kappa shape index (κ2) is 8.19. The van der Waals surface area contributed by atoms with Crippen molar-refractivity contribution in [2.45, 2.75) is 26.2 Å². The second-order valence-corrected chi connectivity index (χ2v) is 7.78. The van der Waals surface area contributed by atoms with Crippen molar-refractivity contribution in [3.05, 3.63) is 71.4 Å². The van der Waals surface area contributed by atoms with Gasteiger partial charge in [0, 0.05) is 55.6 Å². The van der Waals surface area contributed by atoms with Gasteiger partial charge in [-0.2, -0.15) is 0 Å². The van der Waals surface area contributed by atoms with Crippen LogP contribution in [0.3, 0.4) is 0 Å². The maximum atomic E-state index is 13.2. The molecule has 1 atom stereocenters. The zero-order chi connectivity index (χ0) is 19.5. The minimum absolute atomic E-state index is 0.0627. The van der Waals surface area contributed by atoms with E-state index in [9.17, 15) is 4.79 Å². The summed E-state index contributed by atoms with van der Waals surface area (Å²) in [6, 6.07) is 16.9. The van der Waals surface area contributed by atoms with Gasteiger partial charge in [-0.25, -0.2) is 0 Å². The topological polar surface area (TPSA) is 39.3 Å². The Morgan fingerprint density at radius 2 is 1.86 bits per heavy atom. The molecule has 1 aliphatic heterocycles. The van der Waals surface area contributed by atoms with Gasteiger partial charge in [0.25, 0.3) is 0 Å². The summed E-state index contributed by atoms with van der Waals surface area (Å²) in [5, 5.41) is 1.21. The summed E-state index contributed by atoms with van der Waals surface area (Å²) in [4.78, 5) is 21.0. The number of hydrogen-bond donors (Lipinski definition) is 1. The molecule has 28 heavy (non-hydrogen) atoms. The van der Waals surface area contributed by atoms with Crippen LogP contribution >= 0.6 is 0 Å². The quantitative estimate of drug-likeness (QED) is 0.727. The number of carbonyl (C=O) groups excluding carboxylic acids is 1. The van der Waals surface area contributed by atoms with E-state index in [0.717, 1.165) is 38.2 Å². The van der Waals surface area contributed by atoms with Gasteiger partial charge in [0.15, 0.2) is 0 Å². The molecule has 1 fully saturated rings. The molecule has 1 aromatic heterocycles. The van der Waals surface area contributed by atoms with Crippen LogP contribution in [-0.4, -0.2) is 53.4 Å². The zero-order valence-electron chi connectivity index (χ0n) is 16.8. The molecule has 146 valence electrons. The average Bonchev–Trinajstić information content (AvgIpc) is 3.16. The number of fused-ring (bicyclic) bond motifs is 1. The van der Waals surface area contributed by atoms with Crippen LogP contribution in [0.2, 0.25) is 0 Å². The summed E-state index contributed by atoms with van der Waals surface area (Å²) >= 11 is 0. The fourth-order valence-electron chi connectivity index (χ4n) is 4.29. The van der Waals surface area contributed by atoms with Crippen LogP contribution in [0.25, 0.3) is 10.9 Å². The molecule has 4 rings (SSSR count). The molecule has 0 radical (unpaired) electrons. The Morgan fingerprint density at radius 3 is 2.61 bits per heavy atom. The number of amides is 1. The summed E-state index contributed by atoms with van der Waals surface area (Å²) < 4.78 is 0. The monoisotopic (exact) mass is 375 g/mol. The van der Waals surface area contributed by atoms with Gasteiger partial charge >= 0.3 is 0 Å². The lowest BCUT2D eigenvalue weighted by molar-refractivity contribution is -0.133. The van der Waals surface area contributed by atoms with E-state index in [1.165, 1.54) is 22.1 Å². The highest BCUT2D eigenvalue weighted by Crippen LogP contribution is 2.34. The molecule has 0 bridgehead atoms. The number of nitrogens with zero attached hydrogens (tertiary/aromatic N) is 2. The predicted octanol–water partition coefficient (Wildman–Crippen LogP) is 4.16. The summed E-state index contributed by atoms with van der Waals surface area (Å²) in [6.07, 6.45) is 2.59. The molecule has 0 spiro atoms. The largest absolute Gasteiger partial charge is 0.361 e. The van der Waals surface area contributed by atoms with E-state index in [-0.39, 0.29) is 11.8 Å². The molecular weight excluding hydrogens is 346 g/mol. The molecule has 4 heteroatoms. The fraction of sp³-hybridized carbons (Fsp3) is 0.375. The third kappa shape index (κ3) is 3.83. The van der Waals surface area contributed by atoms with E-state index in [1.54, 1.807) is 0 Å². The number of likely N-dealkylation sites (N-methyl/N-ethyl adjacent to an activating group) is 1. The standard InChI is InChI=1S/C24H29N3O/c1-3-26-11-13-27(14-12-26)24(28)16-21(19-8-6-7-18(2)15-19)22-17-25-23-10-5-4-9-20(22)23/h4-10,15,17,21,25H,3,11-14,16H2,1-2H3. The molecule has 0 saturated carbocycles. The molecule has 1 N–H and O–H groups in total. The lowest BCUT2D eigenvalue weighted by Crippen LogP contribution is -2.48. The first-order valence-corrected chi connectivity index (χ1v) is 10.3. The highest BCUT2D eigenvalue weighted by atomic mass is 16.2. The van der Waals surface area contributed by atoms with Gasteiger partial charge in [-0.05, 0) is 30.7 Å². The zero-order valence-corrected chi connectivity index (χ0v) is 16.8. The molecule has 2 aromatic carbocycles. The lowest BCUT2D eigenvalue weighted by Gasteiger charge is -2.35. The average molecular weight is 376 g/mol. The second-order valence-electron chi connectivity index (χ2n) is 7.78. The van der Waals surface area contributed by atoms with Crippen molar-refractivity contribution in [2.24, 2.45) is 0 Å². The Hall–Kier alpha value is -2.59. The number of hydrogen-bond acceptors (Lipinski definition) is 2. The Bertz CT molecular complexity index is 953. The van der Waals surface area contributed by atoms with Crippen LogP contribution in [0, 0.1) is 6.92 Å². The summed E-state index contributed by atoms with van der Waals surface area (Å²) in [7, 11) is 0. The van der Waals surface area contributed by atoms with E-state index in [4.69, 9.17) is 0 Å². The van der Waals surface area contributed by atoms with Crippen LogP contribution in [-0.2, 0) is 4.79 Å². The summed E-state index contributed by atoms with van der Waals surface area (Å²) in [5.41, 5.74) is 4.78. The third-order valence-corrected chi connectivity index (χ3v) is 5.99. The first-order valence-electron chi connectivity index (χ1n) is 10.3. The van der Waals surface area contributed by atoms with E-state index >= 15 is 0 Å². The van der Waals surface area contributed by atoms with Gasteiger partial charge in [0.2, 0.25) is 5.91 Å². The number of carbonyl (C=O) groups is 1. The predicted molar refractivity (Wildman–Crippen MR) is 115 cm³/mol. The molecule has 1 amide bonds. The minimum Gasteiger partial charge on any atom is -0.361 e. The smallest absolute Gasteiger partial charge is 0.223 e. The normalized spacial score (nSPS) is 16.4. The van der Waals surface area contributed by atoms with Crippen LogP contribution in [0.15, 0.2) is 54.7 Å². The highest BCUT2D eigenvalue weighted by Gasteiger charge is 2.26. The van der Waals surface area contributed by atoms with Crippen LogP contribution < -0.4 is 0 Å².